The van der Waals surface area contributed by atoms with Crippen molar-refractivity contribution in [3.63, 3.8) is 0 Å². The van der Waals surface area contributed by atoms with Crippen molar-refractivity contribution < 1.29 is 14.9 Å². The number of hydrogen-bond acceptors (Lipinski definition) is 3. The molecule has 0 rings (SSSR count). The summed E-state index contributed by atoms with van der Waals surface area (Å²) < 4.78 is 5.20. The van der Waals surface area contributed by atoms with E-state index in [4.69, 9.17) is 4.74 Å². The van der Waals surface area contributed by atoms with Crippen LogP contribution in [0.25, 0.3) is 0 Å². The van der Waals surface area contributed by atoms with Crippen LogP contribution in [0.2, 0.25) is 0 Å². The van der Waals surface area contributed by atoms with Crippen molar-refractivity contribution in [1.29, 1.82) is 0 Å². The van der Waals surface area contributed by atoms with Crippen molar-refractivity contribution in [3.8, 4) is 0 Å². The van der Waals surface area contributed by atoms with E-state index in [-0.39, 0.29) is 12.7 Å². The van der Waals surface area contributed by atoms with Gasteiger partial charge in [-0.25, -0.2) is 0 Å². The predicted molar refractivity (Wildman–Crippen MR) is 52.6 cm³/mol. The first-order valence-corrected chi connectivity index (χ1v) is 4.91. The Kier molecular flexibility index (Phi) is 6.29. The standard InChI is InChI=1S/C10H22O3/c1-7(2)5-9(11)10(12)6-13-8(3)4/h7-12H,5-6H2,1-4H3/t9-,10-/m0/s1. The quantitative estimate of drug-likeness (QED) is 0.661. The Morgan fingerprint density at radius 1 is 1.00 bits per heavy atom. The lowest BCUT2D eigenvalue weighted by atomic mass is 10.0. The normalized spacial score (nSPS) is 16.6. The van der Waals surface area contributed by atoms with E-state index in [1.54, 1.807) is 0 Å². The molecule has 80 valence electrons. The molecule has 0 aliphatic rings. The number of aliphatic hydroxyl groups excluding tert-OH is 2. The molecule has 0 saturated carbocycles. The third-order valence-electron chi connectivity index (χ3n) is 1.76. The smallest absolute Gasteiger partial charge is 0.103 e. The van der Waals surface area contributed by atoms with Gasteiger partial charge < -0.3 is 14.9 Å². The number of rotatable bonds is 6. The minimum absolute atomic E-state index is 0.0981. The summed E-state index contributed by atoms with van der Waals surface area (Å²) in [7, 11) is 0. The number of hydrogen-bond donors (Lipinski definition) is 2. The van der Waals surface area contributed by atoms with Crippen molar-refractivity contribution >= 4 is 0 Å². The van der Waals surface area contributed by atoms with E-state index in [0.717, 1.165) is 0 Å². The monoisotopic (exact) mass is 190 g/mol. The van der Waals surface area contributed by atoms with Crippen LogP contribution in [0.1, 0.15) is 34.1 Å². The van der Waals surface area contributed by atoms with Crippen LogP contribution >= 0.6 is 0 Å². The van der Waals surface area contributed by atoms with Gasteiger partial charge in [-0.05, 0) is 26.2 Å². The third kappa shape index (κ3) is 6.99. The van der Waals surface area contributed by atoms with Gasteiger partial charge >= 0.3 is 0 Å². The fourth-order valence-electron chi connectivity index (χ4n) is 1.04. The highest BCUT2D eigenvalue weighted by Gasteiger charge is 2.17. The highest BCUT2D eigenvalue weighted by atomic mass is 16.5. The van der Waals surface area contributed by atoms with Gasteiger partial charge in [-0.3, -0.25) is 0 Å². The van der Waals surface area contributed by atoms with Crippen LogP contribution in [0.3, 0.4) is 0 Å². The highest BCUT2D eigenvalue weighted by molar-refractivity contribution is 4.68. The summed E-state index contributed by atoms with van der Waals surface area (Å²) >= 11 is 0. The molecule has 0 saturated heterocycles. The first-order valence-electron chi connectivity index (χ1n) is 4.91. The van der Waals surface area contributed by atoms with Crippen LogP contribution in [0, 0.1) is 5.92 Å². The van der Waals surface area contributed by atoms with Crippen molar-refractivity contribution in [1.82, 2.24) is 0 Å². The van der Waals surface area contributed by atoms with Gasteiger partial charge in [0.2, 0.25) is 0 Å². The molecule has 0 aromatic carbocycles. The molecule has 0 fully saturated rings. The van der Waals surface area contributed by atoms with Gasteiger partial charge in [-0.2, -0.15) is 0 Å². The molecule has 0 bridgehead atoms. The van der Waals surface area contributed by atoms with Gasteiger partial charge in [0.1, 0.15) is 6.10 Å². The van der Waals surface area contributed by atoms with E-state index >= 15 is 0 Å². The van der Waals surface area contributed by atoms with E-state index in [0.29, 0.717) is 12.3 Å². The SMILES string of the molecule is CC(C)C[C@H](O)[C@@H](O)COC(C)C. The lowest BCUT2D eigenvalue weighted by Crippen LogP contribution is -2.32. The van der Waals surface area contributed by atoms with Crippen LogP contribution in [-0.2, 0) is 4.74 Å². The van der Waals surface area contributed by atoms with Gasteiger partial charge in [0.15, 0.2) is 0 Å². The fourth-order valence-corrected chi connectivity index (χ4v) is 1.04. The van der Waals surface area contributed by atoms with E-state index in [2.05, 4.69) is 0 Å². The van der Waals surface area contributed by atoms with E-state index in [1.807, 2.05) is 27.7 Å². The van der Waals surface area contributed by atoms with Crippen LogP contribution < -0.4 is 0 Å². The van der Waals surface area contributed by atoms with Gasteiger partial charge in [0, 0.05) is 0 Å². The lowest BCUT2D eigenvalue weighted by Gasteiger charge is -2.20. The Morgan fingerprint density at radius 2 is 1.54 bits per heavy atom. The summed E-state index contributed by atoms with van der Waals surface area (Å²) in [5.74, 6) is 0.392. The summed E-state index contributed by atoms with van der Waals surface area (Å²) in [5.41, 5.74) is 0. The summed E-state index contributed by atoms with van der Waals surface area (Å²) in [5, 5.41) is 18.9. The third-order valence-corrected chi connectivity index (χ3v) is 1.76. The molecule has 0 aromatic heterocycles. The van der Waals surface area contributed by atoms with Gasteiger partial charge in [-0.1, -0.05) is 13.8 Å². The molecule has 3 heteroatoms. The van der Waals surface area contributed by atoms with Gasteiger partial charge in [0.05, 0.1) is 18.8 Å². The van der Waals surface area contributed by atoms with Crippen LogP contribution in [0.5, 0.6) is 0 Å². The summed E-state index contributed by atoms with van der Waals surface area (Å²) in [6.45, 7) is 8.05. The van der Waals surface area contributed by atoms with E-state index in [1.165, 1.54) is 0 Å². The maximum absolute atomic E-state index is 9.47. The molecule has 3 nitrogen and oxygen atoms in total. The molecular formula is C10H22O3. The topological polar surface area (TPSA) is 49.7 Å². The number of ether oxygens (including phenoxy) is 1. The lowest BCUT2D eigenvalue weighted by molar-refractivity contribution is -0.0584. The molecule has 0 aliphatic heterocycles. The van der Waals surface area contributed by atoms with Crippen molar-refractivity contribution in [2.75, 3.05) is 6.61 Å². The molecule has 0 spiro atoms. The largest absolute Gasteiger partial charge is 0.390 e. The maximum atomic E-state index is 9.47. The molecule has 0 amide bonds. The minimum atomic E-state index is -0.759. The van der Waals surface area contributed by atoms with Gasteiger partial charge in [0.25, 0.3) is 0 Å². The average Bonchev–Trinajstić information content (AvgIpc) is 1.98. The molecule has 2 N–H and O–H groups in total. The summed E-state index contributed by atoms with van der Waals surface area (Å²) in [6, 6.07) is 0. The summed E-state index contributed by atoms with van der Waals surface area (Å²) in [4.78, 5) is 0. The van der Waals surface area contributed by atoms with Crippen molar-refractivity contribution in [3.05, 3.63) is 0 Å². The molecule has 0 aromatic rings. The molecule has 0 aliphatic carbocycles. The first kappa shape index (κ1) is 12.9. The molecule has 2 atom stereocenters. The van der Waals surface area contributed by atoms with Crippen molar-refractivity contribution in [2.24, 2.45) is 5.92 Å². The number of aliphatic hydroxyl groups is 2. The minimum Gasteiger partial charge on any atom is -0.390 e. The van der Waals surface area contributed by atoms with Crippen LogP contribution in [0.15, 0.2) is 0 Å². The molecular weight excluding hydrogens is 168 g/mol. The Hall–Kier alpha value is -0.120. The van der Waals surface area contributed by atoms with E-state index < -0.39 is 12.2 Å². The second kappa shape index (κ2) is 6.35. The summed E-state index contributed by atoms with van der Waals surface area (Å²) in [6.07, 6.45) is -0.716. The predicted octanol–water partition coefficient (Wildman–Crippen LogP) is 1.18. The van der Waals surface area contributed by atoms with Crippen LogP contribution in [0.4, 0.5) is 0 Å². The fraction of sp³-hybridized carbons (Fsp3) is 1.00. The zero-order valence-electron chi connectivity index (χ0n) is 9.03. The molecule has 0 unspecified atom stereocenters. The zero-order chi connectivity index (χ0) is 10.4. The second-order valence-electron chi connectivity index (χ2n) is 4.15. The Morgan fingerprint density at radius 3 is 1.92 bits per heavy atom. The average molecular weight is 190 g/mol. The Bertz CT molecular complexity index is 123. The Balaban J connectivity index is 3.62. The zero-order valence-corrected chi connectivity index (χ0v) is 9.03. The highest BCUT2D eigenvalue weighted by Crippen LogP contribution is 2.08. The molecule has 0 heterocycles. The molecule has 13 heavy (non-hydrogen) atoms. The van der Waals surface area contributed by atoms with Crippen LogP contribution in [-0.4, -0.2) is 35.1 Å². The molecule has 0 radical (unpaired) electrons. The Labute approximate surface area is 80.7 Å². The van der Waals surface area contributed by atoms with Crippen molar-refractivity contribution in [2.45, 2.75) is 52.4 Å². The maximum Gasteiger partial charge on any atom is 0.103 e. The van der Waals surface area contributed by atoms with Gasteiger partial charge in [-0.15, -0.1) is 0 Å². The second-order valence-corrected chi connectivity index (χ2v) is 4.15. The van der Waals surface area contributed by atoms with E-state index in [9.17, 15) is 10.2 Å². The first-order chi connectivity index (χ1) is 5.93.